The quantitative estimate of drug-likeness (QED) is 0.783. The molecule has 0 atom stereocenters. The molecule has 90 valence electrons. The maximum absolute atomic E-state index is 11.9. The van der Waals surface area contributed by atoms with Crippen molar-refractivity contribution in [3.8, 4) is 0 Å². The maximum Gasteiger partial charge on any atom is 0.270 e. The van der Waals surface area contributed by atoms with Gasteiger partial charge < -0.3 is 10.6 Å². The van der Waals surface area contributed by atoms with E-state index in [0.29, 0.717) is 17.5 Å². The van der Waals surface area contributed by atoms with Gasteiger partial charge in [0, 0.05) is 37.7 Å². The summed E-state index contributed by atoms with van der Waals surface area (Å²) >= 11 is 0. The summed E-state index contributed by atoms with van der Waals surface area (Å²) in [6.07, 6.45) is 3.98. The van der Waals surface area contributed by atoms with Gasteiger partial charge in [-0.3, -0.25) is 4.79 Å². The second-order valence-corrected chi connectivity index (χ2v) is 4.81. The highest BCUT2D eigenvalue weighted by Crippen LogP contribution is 2.37. The summed E-state index contributed by atoms with van der Waals surface area (Å²) in [4.78, 5) is 20.4. The number of aromatic nitrogens is 2. The first kappa shape index (κ1) is 10.7. The van der Waals surface area contributed by atoms with Gasteiger partial charge in [-0.15, -0.1) is 0 Å². The van der Waals surface area contributed by atoms with Crippen LogP contribution in [0.4, 0.5) is 0 Å². The van der Waals surface area contributed by atoms with Crippen LogP contribution in [0.3, 0.4) is 0 Å². The third-order valence-electron chi connectivity index (χ3n) is 3.27. The first-order valence-electron chi connectivity index (χ1n) is 6.15. The van der Waals surface area contributed by atoms with Gasteiger partial charge in [0.05, 0.1) is 0 Å². The van der Waals surface area contributed by atoms with Crippen LogP contribution in [-0.2, 0) is 0 Å². The Kier molecular flexibility index (Phi) is 2.76. The maximum atomic E-state index is 11.9. The molecule has 1 aromatic rings. The average Bonchev–Trinajstić information content (AvgIpc) is 3.11. The summed E-state index contributed by atoms with van der Waals surface area (Å²) in [6.45, 7) is 2.73. The fourth-order valence-electron chi connectivity index (χ4n) is 1.86. The predicted octanol–water partition coefficient (Wildman–Crippen LogP) is 0.303. The minimum atomic E-state index is -0.0822. The lowest BCUT2D eigenvalue weighted by atomic mass is 10.0. The van der Waals surface area contributed by atoms with Gasteiger partial charge in [0.15, 0.2) is 0 Å². The number of hydrogen-bond donors (Lipinski definition) is 2. The van der Waals surface area contributed by atoms with Crippen LogP contribution in [0.2, 0.25) is 0 Å². The second kappa shape index (κ2) is 4.41. The number of carbonyl (C=O) groups excluding carboxylic acids is 1. The Labute approximate surface area is 100 Å². The number of carbonyl (C=O) groups is 1. The third kappa shape index (κ3) is 2.44. The lowest BCUT2D eigenvalue weighted by Crippen LogP contribution is -2.48. The summed E-state index contributed by atoms with van der Waals surface area (Å²) in [5.74, 6) is 1.80. The summed E-state index contributed by atoms with van der Waals surface area (Å²) in [7, 11) is 0. The Morgan fingerprint density at radius 3 is 2.94 bits per heavy atom. The minimum Gasteiger partial charge on any atom is -0.350 e. The molecule has 0 bridgehead atoms. The van der Waals surface area contributed by atoms with E-state index < -0.39 is 0 Å². The van der Waals surface area contributed by atoms with Crippen molar-refractivity contribution < 1.29 is 4.79 Å². The lowest BCUT2D eigenvalue weighted by Gasteiger charge is -2.26. The van der Waals surface area contributed by atoms with Crippen LogP contribution in [0.1, 0.15) is 35.1 Å². The molecule has 2 heterocycles. The minimum absolute atomic E-state index is 0.0822. The highest BCUT2D eigenvalue weighted by atomic mass is 16.1. The van der Waals surface area contributed by atoms with E-state index in [-0.39, 0.29) is 5.91 Å². The van der Waals surface area contributed by atoms with Crippen molar-refractivity contribution in [3.05, 3.63) is 23.8 Å². The van der Waals surface area contributed by atoms with Gasteiger partial charge in [-0.2, -0.15) is 0 Å². The standard InChI is InChI=1S/C12H16N4O/c17-12(15-7-8-5-13-6-8)10-3-4-14-11(16-10)9-1-2-9/h3-4,8-9,13H,1-2,5-7H2,(H,15,17). The highest BCUT2D eigenvalue weighted by molar-refractivity contribution is 5.92. The molecule has 0 radical (unpaired) electrons. The van der Waals surface area contributed by atoms with Gasteiger partial charge in [0.25, 0.3) is 5.91 Å². The summed E-state index contributed by atoms with van der Waals surface area (Å²) < 4.78 is 0. The monoisotopic (exact) mass is 232 g/mol. The lowest BCUT2D eigenvalue weighted by molar-refractivity contribution is 0.0936. The van der Waals surface area contributed by atoms with Crippen molar-refractivity contribution >= 4 is 5.91 Å². The molecule has 17 heavy (non-hydrogen) atoms. The molecule has 0 aromatic carbocycles. The van der Waals surface area contributed by atoms with Gasteiger partial charge in [-0.1, -0.05) is 0 Å². The first-order valence-corrected chi connectivity index (χ1v) is 6.15. The summed E-state index contributed by atoms with van der Waals surface area (Å²) in [5.41, 5.74) is 0.495. The van der Waals surface area contributed by atoms with E-state index in [2.05, 4.69) is 20.6 Å². The van der Waals surface area contributed by atoms with Crippen LogP contribution in [0, 0.1) is 5.92 Å². The Bertz CT molecular complexity index is 426. The number of nitrogens with one attached hydrogen (secondary N) is 2. The van der Waals surface area contributed by atoms with Crippen molar-refractivity contribution in [2.75, 3.05) is 19.6 Å². The number of nitrogens with zero attached hydrogens (tertiary/aromatic N) is 2. The Morgan fingerprint density at radius 1 is 1.47 bits per heavy atom. The molecule has 0 unspecified atom stereocenters. The Morgan fingerprint density at radius 2 is 2.29 bits per heavy atom. The molecule has 2 fully saturated rings. The predicted molar refractivity (Wildman–Crippen MR) is 62.7 cm³/mol. The smallest absolute Gasteiger partial charge is 0.270 e. The van der Waals surface area contributed by atoms with E-state index in [4.69, 9.17) is 0 Å². The van der Waals surface area contributed by atoms with Crippen LogP contribution in [0.25, 0.3) is 0 Å². The van der Waals surface area contributed by atoms with Crippen LogP contribution in [-0.4, -0.2) is 35.5 Å². The molecule has 5 heteroatoms. The van der Waals surface area contributed by atoms with Crippen molar-refractivity contribution in [2.24, 2.45) is 5.92 Å². The van der Waals surface area contributed by atoms with Crippen LogP contribution in [0.5, 0.6) is 0 Å². The molecule has 1 aromatic heterocycles. The van der Waals surface area contributed by atoms with E-state index in [0.717, 1.165) is 38.3 Å². The number of hydrogen-bond acceptors (Lipinski definition) is 4. The molecule has 2 N–H and O–H groups in total. The van der Waals surface area contributed by atoms with Crippen molar-refractivity contribution in [3.63, 3.8) is 0 Å². The molecule has 3 rings (SSSR count). The molecule has 0 spiro atoms. The van der Waals surface area contributed by atoms with Gasteiger partial charge in [0.1, 0.15) is 11.5 Å². The number of rotatable bonds is 4. The fraction of sp³-hybridized carbons (Fsp3) is 0.583. The van der Waals surface area contributed by atoms with Crippen molar-refractivity contribution in [1.29, 1.82) is 0 Å². The molecule has 1 aliphatic carbocycles. The highest BCUT2D eigenvalue weighted by Gasteiger charge is 2.27. The summed E-state index contributed by atoms with van der Waals surface area (Å²) in [5, 5.41) is 6.10. The normalized spacial score (nSPS) is 19.8. The van der Waals surface area contributed by atoms with Gasteiger partial charge in [-0.05, 0) is 18.9 Å². The van der Waals surface area contributed by atoms with Gasteiger partial charge >= 0.3 is 0 Å². The van der Waals surface area contributed by atoms with E-state index in [1.54, 1.807) is 12.3 Å². The molecule has 1 saturated carbocycles. The average molecular weight is 232 g/mol. The zero-order valence-electron chi connectivity index (χ0n) is 9.65. The number of amides is 1. The largest absolute Gasteiger partial charge is 0.350 e. The molecule has 2 aliphatic rings. The molecule has 1 saturated heterocycles. The van der Waals surface area contributed by atoms with Gasteiger partial charge in [0.2, 0.25) is 0 Å². The Hall–Kier alpha value is -1.49. The first-order chi connectivity index (χ1) is 8.33. The third-order valence-corrected chi connectivity index (χ3v) is 3.27. The van der Waals surface area contributed by atoms with E-state index in [1.807, 2.05) is 0 Å². The molecular formula is C12H16N4O. The van der Waals surface area contributed by atoms with Crippen LogP contribution >= 0.6 is 0 Å². The van der Waals surface area contributed by atoms with Crippen LogP contribution in [0.15, 0.2) is 12.3 Å². The van der Waals surface area contributed by atoms with Crippen molar-refractivity contribution in [2.45, 2.75) is 18.8 Å². The van der Waals surface area contributed by atoms with E-state index >= 15 is 0 Å². The van der Waals surface area contributed by atoms with Gasteiger partial charge in [-0.25, -0.2) is 9.97 Å². The molecule has 1 amide bonds. The second-order valence-electron chi connectivity index (χ2n) is 4.81. The van der Waals surface area contributed by atoms with Crippen LogP contribution < -0.4 is 10.6 Å². The van der Waals surface area contributed by atoms with E-state index in [1.165, 1.54) is 0 Å². The topological polar surface area (TPSA) is 66.9 Å². The molecule has 5 nitrogen and oxygen atoms in total. The summed E-state index contributed by atoms with van der Waals surface area (Å²) in [6, 6.07) is 1.68. The Balaban J connectivity index is 1.61. The fourth-order valence-corrected chi connectivity index (χ4v) is 1.86. The zero-order valence-corrected chi connectivity index (χ0v) is 9.65. The van der Waals surface area contributed by atoms with Crippen molar-refractivity contribution in [1.82, 2.24) is 20.6 Å². The molecule has 1 aliphatic heterocycles. The SMILES string of the molecule is O=C(NCC1CNC1)c1ccnc(C2CC2)n1. The van der Waals surface area contributed by atoms with E-state index in [9.17, 15) is 4.79 Å². The zero-order chi connectivity index (χ0) is 11.7. The molecular weight excluding hydrogens is 216 g/mol.